The van der Waals surface area contributed by atoms with Crippen LogP contribution in [0.5, 0.6) is 0 Å². The summed E-state index contributed by atoms with van der Waals surface area (Å²) in [6, 6.07) is 9.38. The zero-order chi connectivity index (χ0) is 15.5. The number of aromatic nitrogens is 2. The fraction of sp³-hybridized carbons (Fsp3) is 0.375. The summed E-state index contributed by atoms with van der Waals surface area (Å²) in [6.07, 6.45) is 1.28. The van der Waals surface area contributed by atoms with Gasteiger partial charge in [0, 0.05) is 0 Å². The first-order chi connectivity index (χ1) is 10.7. The maximum absolute atomic E-state index is 13.9. The minimum atomic E-state index is -0.763. The summed E-state index contributed by atoms with van der Waals surface area (Å²) in [5, 5.41) is 0. The summed E-state index contributed by atoms with van der Waals surface area (Å²) in [5.41, 5.74) is 0.929. The standard InChI is InChI=1S/C16H17FN2O3/c1-11(12-5-3-2-4-6-12)19-10-18-16(17)15(19)14(20)9-22-13-7-21-8-13/h2-6,10-11,13H,7-9H2,1H3/t11-/m1/s1. The van der Waals surface area contributed by atoms with Crippen molar-refractivity contribution in [1.82, 2.24) is 9.55 Å². The molecule has 2 heterocycles. The second-order valence-electron chi connectivity index (χ2n) is 5.27. The number of benzene rings is 1. The summed E-state index contributed by atoms with van der Waals surface area (Å²) in [7, 11) is 0. The Bertz CT molecular complexity index is 653. The van der Waals surface area contributed by atoms with E-state index in [2.05, 4.69) is 4.98 Å². The number of carbonyl (C=O) groups is 1. The Morgan fingerprint density at radius 3 is 2.82 bits per heavy atom. The summed E-state index contributed by atoms with van der Waals surface area (Å²) >= 11 is 0. The molecular weight excluding hydrogens is 287 g/mol. The SMILES string of the molecule is C[C@H](c1ccccc1)n1cnc(F)c1C(=O)COC1COC1. The molecule has 5 nitrogen and oxygen atoms in total. The second kappa shape index (κ2) is 6.37. The van der Waals surface area contributed by atoms with Gasteiger partial charge in [-0.15, -0.1) is 0 Å². The van der Waals surface area contributed by atoms with Crippen LogP contribution in [0.2, 0.25) is 0 Å². The lowest BCUT2D eigenvalue weighted by Crippen LogP contribution is -2.37. The average Bonchev–Trinajstić information content (AvgIpc) is 2.87. The van der Waals surface area contributed by atoms with Gasteiger partial charge in [0.25, 0.3) is 0 Å². The highest BCUT2D eigenvalue weighted by Gasteiger charge is 2.25. The highest BCUT2D eigenvalue weighted by molar-refractivity contribution is 5.95. The van der Waals surface area contributed by atoms with Crippen LogP contribution in [0.3, 0.4) is 0 Å². The lowest BCUT2D eigenvalue weighted by atomic mass is 10.1. The third kappa shape index (κ3) is 2.93. The Morgan fingerprint density at radius 2 is 2.18 bits per heavy atom. The van der Waals surface area contributed by atoms with Gasteiger partial charge in [0.05, 0.1) is 25.6 Å². The normalized spacial score (nSPS) is 16.3. The summed E-state index contributed by atoms with van der Waals surface area (Å²) < 4.78 is 25.8. The van der Waals surface area contributed by atoms with Crippen LogP contribution in [0.1, 0.15) is 29.0 Å². The molecule has 1 aromatic carbocycles. The van der Waals surface area contributed by atoms with E-state index >= 15 is 0 Å². The molecule has 1 atom stereocenters. The van der Waals surface area contributed by atoms with Gasteiger partial charge < -0.3 is 14.0 Å². The number of hydrogen-bond donors (Lipinski definition) is 0. The van der Waals surface area contributed by atoms with Crippen molar-refractivity contribution in [2.24, 2.45) is 0 Å². The first-order valence-corrected chi connectivity index (χ1v) is 7.16. The van der Waals surface area contributed by atoms with Crippen LogP contribution in [-0.4, -0.2) is 41.3 Å². The van der Waals surface area contributed by atoms with E-state index in [0.29, 0.717) is 13.2 Å². The van der Waals surface area contributed by atoms with Crippen LogP contribution < -0.4 is 0 Å². The highest BCUT2D eigenvalue weighted by Crippen LogP contribution is 2.21. The predicted octanol–water partition coefficient (Wildman–Crippen LogP) is 2.23. The summed E-state index contributed by atoms with van der Waals surface area (Å²) in [6.45, 7) is 2.69. The summed E-state index contributed by atoms with van der Waals surface area (Å²) in [4.78, 5) is 15.9. The van der Waals surface area contributed by atoms with Gasteiger partial charge in [-0.1, -0.05) is 30.3 Å². The Hall–Kier alpha value is -2.05. The molecule has 0 amide bonds. The fourth-order valence-corrected chi connectivity index (χ4v) is 2.36. The third-order valence-corrected chi connectivity index (χ3v) is 3.77. The van der Waals surface area contributed by atoms with E-state index in [9.17, 15) is 9.18 Å². The minimum absolute atomic E-state index is 0.0448. The quantitative estimate of drug-likeness (QED) is 0.768. The largest absolute Gasteiger partial charge is 0.376 e. The van der Waals surface area contributed by atoms with Crippen molar-refractivity contribution < 1.29 is 18.7 Å². The smallest absolute Gasteiger partial charge is 0.242 e. The van der Waals surface area contributed by atoms with Gasteiger partial charge in [-0.05, 0) is 12.5 Å². The Morgan fingerprint density at radius 1 is 1.45 bits per heavy atom. The van der Waals surface area contributed by atoms with Gasteiger partial charge in [-0.2, -0.15) is 4.39 Å². The molecule has 0 unspecified atom stereocenters. The van der Waals surface area contributed by atoms with Crippen molar-refractivity contribution in [3.63, 3.8) is 0 Å². The lowest BCUT2D eigenvalue weighted by molar-refractivity contribution is -0.123. The molecule has 0 spiro atoms. The average molecular weight is 304 g/mol. The van der Waals surface area contributed by atoms with Crippen LogP contribution in [-0.2, 0) is 9.47 Å². The zero-order valence-electron chi connectivity index (χ0n) is 12.2. The third-order valence-electron chi connectivity index (χ3n) is 3.77. The van der Waals surface area contributed by atoms with Crippen molar-refractivity contribution in [3.05, 3.63) is 53.9 Å². The molecule has 0 saturated carbocycles. The molecule has 1 aliphatic heterocycles. The van der Waals surface area contributed by atoms with Crippen molar-refractivity contribution in [2.75, 3.05) is 19.8 Å². The van der Waals surface area contributed by atoms with Crippen molar-refractivity contribution in [1.29, 1.82) is 0 Å². The Labute approximate surface area is 127 Å². The maximum Gasteiger partial charge on any atom is 0.242 e. The van der Waals surface area contributed by atoms with Crippen molar-refractivity contribution >= 4 is 5.78 Å². The van der Waals surface area contributed by atoms with E-state index < -0.39 is 11.7 Å². The van der Waals surface area contributed by atoms with E-state index in [0.717, 1.165) is 5.56 Å². The van der Waals surface area contributed by atoms with Crippen LogP contribution >= 0.6 is 0 Å². The monoisotopic (exact) mass is 304 g/mol. The van der Waals surface area contributed by atoms with E-state index in [1.165, 1.54) is 6.33 Å². The molecule has 1 fully saturated rings. The zero-order valence-corrected chi connectivity index (χ0v) is 12.2. The Balaban J connectivity index is 1.79. The van der Waals surface area contributed by atoms with Crippen LogP contribution in [0, 0.1) is 5.95 Å². The highest BCUT2D eigenvalue weighted by atomic mass is 19.1. The first-order valence-electron chi connectivity index (χ1n) is 7.16. The van der Waals surface area contributed by atoms with E-state index in [1.807, 2.05) is 37.3 Å². The van der Waals surface area contributed by atoms with Crippen LogP contribution in [0.15, 0.2) is 36.7 Å². The molecule has 3 rings (SSSR count). The molecule has 22 heavy (non-hydrogen) atoms. The number of imidazole rings is 1. The van der Waals surface area contributed by atoms with Gasteiger partial charge in [0.15, 0.2) is 0 Å². The van der Waals surface area contributed by atoms with Gasteiger partial charge in [-0.3, -0.25) is 4.79 Å². The first kappa shape index (κ1) is 14.9. The second-order valence-corrected chi connectivity index (χ2v) is 5.27. The molecule has 1 aliphatic rings. The number of halogens is 1. The van der Waals surface area contributed by atoms with E-state index in [1.54, 1.807) is 4.57 Å². The molecule has 116 valence electrons. The van der Waals surface area contributed by atoms with Gasteiger partial charge in [0.1, 0.15) is 18.4 Å². The molecule has 1 aromatic heterocycles. The molecular formula is C16H17FN2O3. The van der Waals surface area contributed by atoms with Gasteiger partial charge in [0.2, 0.25) is 11.7 Å². The number of rotatable bonds is 6. The molecule has 1 saturated heterocycles. The molecule has 0 aliphatic carbocycles. The number of ether oxygens (including phenoxy) is 2. The topological polar surface area (TPSA) is 53.4 Å². The van der Waals surface area contributed by atoms with E-state index in [-0.39, 0.29) is 24.4 Å². The molecule has 0 radical (unpaired) electrons. The number of Topliss-reactive ketones (excluding diaryl/α,β-unsaturated/α-hetero) is 1. The maximum atomic E-state index is 13.9. The van der Waals surface area contributed by atoms with Crippen molar-refractivity contribution in [2.45, 2.75) is 19.1 Å². The summed E-state index contributed by atoms with van der Waals surface area (Å²) in [5.74, 6) is -1.18. The minimum Gasteiger partial charge on any atom is -0.376 e. The molecule has 6 heteroatoms. The predicted molar refractivity (Wildman–Crippen MR) is 77.3 cm³/mol. The number of nitrogens with zero attached hydrogens (tertiary/aromatic N) is 2. The van der Waals surface area contributed by atoms with Gasteiger partial charge in [-0.25, -0.2) is 4.98 Å². The molecule has 0 bridgehead atoms. The molecule has 0 N–H and O–H groups in total. The van der Waals surface area contributed by atoms with Crippen molar-refractivity contribution in [3.8, 4) is 0 Å². The number of hydrogen-bond acceptors (Lipinski definition) is 4. The van der Waals surface area contributed by atoms with E-state index in [4.69, 9.17) is 9.47 Å². The number of ketones is 1. The lowest BCUT2D eigenvalue weighted by Gasteiger charge is -2.25. The Kier molecular flexibility index (Phi) is 4.31. The van der Waals surface area contributed by atoms with Crippen LogP contribution in [0.25, 0.3) is 0 Å². The number of carbonyl (C=O) groups excluding carboxylic acids is 1. The van der Waals surface area contributed by atoms with Gasteiger partial charge >= 0.3 is 0 Å². The fourth-order valence-electron chi connectivity index (χ4n) is 2.36. The van der Waals surface area contributed by atoms with Crippen LogP contribution in [0.4, 0.5) is 4.39 Å². The molecule has 2 aromatic rings.